The van der Waals surface area contributed by atoms with Crippen LogP contribution in [0, 0.1) is 0 Å². The fraction of sp³-hybridized carbons (Fsp3) is 0.556. The maximum absolute atomic E-state index is 13.7. The van der Waals surface area contributed by atoms with Gasteiger partial charge in [-0.05, 0) is 69.1 Å². The number of benzene rings is 1. The molecule has 1 fully saturated rings. The molecule has 2 amide bonds. The van der Waals surface area contributed by atoms with E-state index >= 15 is 0 Å². The number of rotatable bonds is 6. The lowest BCUT2D eigenvalue weighted by Crippen LogP contribution is -2.40. The van der Waals surface area contributed by atoms with Crippen LogP contribution in [0.15, 0.2) is 24.3 Å². The third-order valence-electron chi connectivity index (χ3n) is 7.86. The van der Waals surface area contributed by atoms with Gasteiger partial charge in [0.2, 0.25) is 11.8 Å². The van der Waals surface area contributed by atoms with Crippen LogP contribution in [0.2, 0.25) is 18.1 Å². The van der Waals surface area contributed by atoms with Crippen LogP contribution in [0.1, 0.15) is 65.3 Å². The van der Waals surface area contributed by atoms with E-state index < -0.39 is 13.7 Å². The molecule has 0 atom stereocenters. The molecule has 9 heteroatoms. The van der Waals surface area contributed by atoms with Crippen molar-refractivity contribution in [2.24, 2.45) is 0 Å². The number of anilines is 4. The van der Waals surface area contributed by atoms with E-state index in [-0.39, 0.29) is 23.5 Å². The number of aromatic nitrogens is 2. The minimum Gasteiger partial charge on any atom is -0.409 e. The number of nitrogens with zero attached hydrogens (tertiary/aromatic N) is 4. The number of nitrogens with one attached hydrogen (secondary N) is 1. The first-order valence-electron chi connectivity index (χ1n) is 12.8. The Bertz CT molecular complexity index is 1170. The molecule has 2 aromatic rings. The predicted molar refractivity (Wildman–Crippen MR) is 146 cm³/mol. The van der Waals surface area contributed by atoms with Gasteiger partial charge in [-0.3, -0.25) is 14.5 Å². The average molecular weight is 510 g/mol. The highest BCUT2D eigenvalue weighted by atomic mass is 28.4. The highest BCUT2D eigenvalue weighted by Gasteiger charge is 2.48. The SMILES string of the molecule is CNc1nc(CO[Si](C)(C)C(C)(C)C)nc2c1C(C)(C)C(=O)N2c1ccc(N2CCCCC2=O)cc1. The fourth-order valence-electron chi connectivity index (χ4n) is 4.52. The zero-order chi connectivity index (χ0) is 26.5. The summed E-state index contributed by atoms with van der Waals surface area (Å²) < 4.78 is 6.40. The monoisotopic (exact) mass is 509 g/mol. The summed E-state index contributed by atoms with van der Waals surface area (Å²) in [5.41, 5.74) is 1.56. The molecule has 3 heterocycles. The summed E-state index contributed by atoms with van der Waals surface area (Å²) in [6.45, 7) is 15.8. The van der Waals surface area contributed by atoms with E-state index in [2.05, 4.69) is 39.2 Å². The number of carbonyl (C=O) groups excluding carboxylic acids is 2. The van der Waals surface area contributed by atoms with E-state index in [1.165, 1.54) is 0 Å². The Morgan fingerprint density at radius 2 is 1.69 bits per heavy atom. The van der Waals surface area contributed by atoms with Crippen LogP contribution < -0.4 is 15.1 Å². The smallest absolute Gasteiger partial charge is 0.243 e. The van der Waals surface area contributed by atoms with Crippen molar-refractivity contribution < 1.29 is 14.0 Å². The zero-order valence-electron chi connectivity index (χ0n) is 22.9. The van der Waals surface area contributed by atoms with Gasteiger partial charge in [-0.25, -0.2) is 9.97 Å². The van der Waals surface area contributed by atoms with E-state index in [4.69, 9.17) is 14.4 Å². The Kier molecular flexibility index (Phi) is 6.76. The molecule has 0 aliphatic carbocycles. The van der Waals surface area contributed by atoms with Crippen LogP contribution in [0.4, 0.5) is 23.0 Å². The molecule has 4 rings (SSSR count). The van der Waals surface area contributed by atoms with Crippen molar-refractivity contribution in [3.63, 3.8) is 0 Å². The molecule has 0 radical (unpaired) electrons. The lowest BCUT2D eigenvalue weighted by Gasteiger charge is -2.35. The van der Waals surface area contributed by atoms with Crippen molar-refractivity contribution in [2.75, 3.05) is 28.7 Å². The van der Waals surface area contributed by atoms with Gasteiger partial charge in [-0.2, -0.15) is 0 Å². The van der Waals surface area contributed by atoms with Crippen molar-refractivity contribution in [1.82, 2.24) is 9.97 Å². The summed E-state index contributed by atoms with van der Waals surface area (Å²) in [6, 6.07) is 7.62. The van der Waals surface area contributed by atoms with Crippen LogP contribution in [0.3, 0.4) is 0 Å². The van der Waals surface area contributed by atoms with Crippen molar-refractivity contribution in [2.45, 2.75) is 84.0 Å². The minimum atomic E-state index is -2.01. The van der Waals surface area contributed by atoms with Gasteiger partial charge in [-0.1, -0.05) is 20.8 Å². The normalized spacial score (nSPS) is 18.0. The molecule has 0 bridgehead atoms. The zero-order valence-corrected chi connectivity index (χ0v) is 23.9. The molecule has 0 unspecified atom stereocenters. The van der Waals surface area contributed by atoms with Gasteiger partial charge in [0.15, 0.2) is 14.1 Å². The van der Waals surface area contributed by atoms with Crippen molar-refractivity contribution >= 4 is 43.1 Å². The van der Waals surface area contributed by atoms with E-state index in [0.717, 1.165) is 36.3 Å². The number of hydrogen-bond donors (Lipinski definition) is 1. The molecular weight excluding hydrogens is 470 g/mol. The largest absolute Gasteiger partial charge is 0.409 e. The highest BCUT2D eigenvalue weighted by Crippen LogP contribution is 2.47. The van der Waals surface area contributed by atoms with Gasteiger partial charge in [0.25, 0.3) is 0 Å². The number of piperidine rings is 1. The Morgan fingerprint density at radius 3 is 2.28 bits per heavy atom. The molecule has 1 aromatic carbocycles. The number of fused-ring (bicyclic) bond motifs is 1. The van der Waals surface area contributed by atoms with E-state index in [0.29, 0.717) is 23.9 Å². The van der Waals surface area contributed by atoms with Gasteiger partial charge in [-0.15, -0.1) is 0 Å². The standard InChI is InChI=1S/C27H39N5O3Si/c1-26(2,3)36(7,8)35-17-20-29-23(28-6)22-24(30-20)32(25(34)27(22,4)5)19-14-12-18(13-15-19)31-16-10-9-11-21(31)33/h12-15H,9-11,16-17H2,1-8H3,(H,28,29,30). The Balaban J connectivity index is 1.71. The van der Waals surface area contributed by atoms with E-state index in [1.807, 2.05) is 50.1 Å². The van der Waals surface area contributed by atoms with Gasteiger partial charge in [0.05, 0.1) is 23.3 Å². The third kappa shape index (κ3) is 4.54. The fourth-order valence-corrected chi connectivity index (χ4v) is 5.44. The van der Waals surface area contributed by atoms with Gasteiger partial charge in [0, 0.05) is 25.7 Å². The van der Waals surface area contributed by atoms with Crippen LogP contribution in [-0.2, 0) is 26.0 Å². The molecular formula is C27H39N5O3Si. The maximum Gasteiger partial charge on any atom is 0.243 e. The molecule has 194 valence electrons. The molecule has 2 aliphatic rings. The topological polar surface area (TPSA) is 87.7 Å². The van der Waals surface area contributed by atoms with Crippen LogP contribution >= 0.6 is 0 Å². The first-order chi connectivity index (χ1) is 16.8. The van der Waals surface area contributed by atoms with Crippen LogP contribution in [-0.4, -0.2) is 43.7 Å². The predicted octanol–water partition coefficient (Wildman–Crippen LogP) is 5.51. The lowest BCUT2D eigenvalue weighted by atomic mass is 9.87. The number of amides is 2. The van der Waals surface area contributed by atoms with E-state index in [1.54, 1.807) is 4.90 Å². The van der Waals surface area contributed by atoms with Gasteiger partial charge in [0.1, 0.15) is 11.6 Å². The van der Waals surface area contributed by atoms with E-state index in [9.17, 15) is 9.59 Å². The molecule has 1 aromatic heterocycles. The summed E-state index contributed by atoms with van der Waals surface area (Å²) in [7, 11) is -0.191. The summed E-state index contributed by atoms with van der Waals surface area (Å²) in [6.07, 6.45) is 2.52. The second kappa shape index (κ2) is 9.26. The second-order valence-electron chi connectivity index (χ2n) is 11.8. The van der Waals surface area contributed by atoms with Gasteiger partial charge >= 0.3 is 0 Å². The molecule has 1 N–H and O–H groups in total. The molecule has 0 spiro atoms. The van der Waals surface area contributed by atoms with Crippen molar-refractivity contribution in [3.8, 4) is 0 Å². The quantitative estimate of drug-likeness (QED) is 0.517. The van der Waals surface area contributed by atoms with Gasteiger partial charge < -0.3 is 14.6 Å². The first-order valence-corrected chi connectivity index (χ1v) is 15.7. The molecule has 1 saturated heterocycles. The Morgan fingerprint density at radius 1 is 1.06 bits per heavy atom. The molecule has 8 nitrogen and oxygen atoms in total. The lowest BCUT2D eigenvalue weighted by molar-refractivity contribution is -0.121. The highest BCUT2D eigenvalue weighted by molar-refractivity contribution is 6.74. The Labute approximate surface area is 215 Å². The summed E-state index contributed by atoms with van der Waals surface area (Å²) in [5.74, 6) is 1.86. The number of hydrogen-bond acceptors (Lipinski definition) is 6. The second-order valence-corrected chi connectivity index (χ2v) is 16.6. The molecule has 36 heavy (non-hydrogen) atoms. The Hall–Kier alpha value is -2.78. The van der Waals surface area contributed by atoms with Crippen molar-refractivity contribution in [3.05, 3.63) is 35.7 Å². The first kappa shape index (κ1) is 26.3. The molecule has 0 saturated carbocycles. The summed E-state index contributed by atoms with van der Waals surface area (Å²) >= 11 is 0. The third-order valence-corrected chi connectivity index (χ3v) is 12.3. The minimum absolute atomic E-state index is 0.0624. The van der Waals surface area contributed by atoms with Crippen LogP contribution in [0.5, 0.6) is 0 Å². The van der Waals surface area contributed by atoms with Crippen molar-refractivity contribution in [1.29, 1.82) is 0 Å². The summed E-state index contributed by atoms with van der Waals surface area (Å²) in [5, 5.41) is 3.25. The average Bonchev–Trinajstić information content (AvgIpc) is 3.02. The maximum atomic E-state index is 13.7. The molecule has 2 aliphatic heterocycles. The number of carbonyl (C=O) groups is 2. The van der Waals surface area contributed by atoms with Crippen LogP contribution in [0.25, 0.3) is 0 Å². The summed E-state index contributed by atoms with van der Waals surface area (Å²) in [4.78, 5) is 39.2.